The number of nitrogens with zero attached hydrogens (tertiary/aromatic N) is 3. The lowest BCUT2D eigenvalue weighted by Crippen LogP contribution is -2.20. The first kappa shape index (κ1) is 11.0. The third-order valence-corrected chi connectivity index (χ3v) is 4.29. The molecule has 1 fully saturated rings. The van der Waals surface area contributed by atoms with Gasteiger partial charge in [0.15, 0.2) is 0 Å². The van der Waals surface area contributed by atoms with Gasteiger partial charge in [-0.25, -0.2) is 0 Å². The molecule has 1 aliphatic rings. The van der Waals surface area contributed by atoms with Gasteiger partial charge in [0.05, 0.1) is 17.4 Å². The van der Waals surface area contributed by atoms with E-state index in [1.165, 1.54) is 17.5 Å². The maximum absolute atomic E-state index is 4.17. The van der Waals surface area contributed by atoms with Crippen LogP contribution in [0.5, 0.6) is 0 Å². The van der Waals surface area contributed by atoms with E-state index in [0.29, 0.717) is 0 Å². The number of aromatic nitrogens is 2. The van der Waals surface area contributed by atoms with Crippen molar-refractivity contribution in [2.45, 2.75) is 6.42 Å². The summed E-state index contributed by atoms with van der Waals surface area (Å²) in [5, 5.41) is 10.6. The quantitative estimate of drug-likeness (QED) is 0.797. The molecule has 17 heavy (non-hydrogen) atoms. The summed E-state index contributed by atoms with van der Waals surface area (Å²) in [7, 11) is 0. The van der Waals surface area contributed by atoms with Crippen molar-refractivity contribution in [2.24, 2.45) is 5.92 Å². The number of fused-ring (bicyclic) bond motifs is 1. The zero-order valence-electron chi connectivity index (χ0n) is 9.51. The highest BCUT2D eigenvalue weighted by Gasteiger charge is 2.23. The zero-order valence-corrected chi connectivity index (χ0v) is 11.1. The molecule has 0 bridgehead atoms. The second kappa shape index (κ2) is 4.61. The molecule has 88 valence electrons. The molecule has 4 heteroatoms. The van der Waals surface area contributed by atoms with Crippen molar-refractivity contribution >= 4 is 32.5 Å². The molecule has 0 radical (unpaired) electrons. The van der Waals surface area contributed by atoms with Crippen LogP contribution in [0.2, 0.25) is 0 Å². The van der Waals surface area contributed by atoms with Crippen molar-refractivity contribution < 1.29 is 0 Å². The van der Waals surface area contributed by atoms with E-state index in [9.17, 15) is 0 Å². The third-order valence-electron chi connectivity index (χ3n) is 3.37. The summed E-state index contributed by atoms with van der Waals surface area (Å²) < 4.78 is 0. The lowest BCUT2D eigenvalue weighted by molar-refractivity contribution is 0.676. The molecule has 1 atom stereocenters. The normalized spacial score (nSPS) is 20.1. The average molecular weight is 292 g/mol. The van der Waals surface area contributed by atoms with Crippen molar-refractivity contribution in [1.82, 2.24) is 10.2 Å². The number of hydrogen-bond acceptors (Lipinski definition) is 3. The molecule has 2 aromatic rings. The van der Waals surface area contributed by atoms with Gasteiger partial charge in [0.2, 0.25) is 0 Å². The molecule has 2 heterocycles. The van der Waals surface area contributed by atoms with Crippen molar-refractivity contribution in [3.63, 3.8) is 0 Å². The second-order valence-corrected chi connectivity index (χ2v) is 5.15. The number of halogens is 1. The Balaban J connectivity index is 2.00. The summed E-state index contributed by atoms with van der Waals surface area (Å²) in [5.41, 5.74) is 2.20. The van der Waals surface area contributed by atoms with E-state index in [0.717, 1.165) is 29.9 Å². The second-order valence-electron chi connectivity index (χ2n) is 4.50. The van der Waals surface area contributed by atoms with Crippen LogP contribution in [0, 0.1) is 5.92 Å². The molecule has 0 saturated carbocycles. The molecule has 1 aromatic carbocycles. The summed E-state index contributed by atoms with van der Waals surface area (Å²) in [4.78, 5) is 2.42. The molecule has 1 saturated heterocycles. The van der Waals surface area contributed by atoms with Crippen LogP contribution in [0.3, 0.4) is 0 Å². The Kier molecular flexibility index (Phi) is 2.97. The van der Waals surface area contributed by atoms with E-state index in [4.69, 9.17) is 0 Å². The summed E-state index contributed by atoms with van der Waals surface area (Å²) >= 11 is 3.57. The van der Waals surface area contributed by atoms with Crippen molar-refractivity contribution in [1.29, 1.82) is 0 Å². The van der Waals surface area contributed by atoms with E-state index < -0.39 is 0 Å². The van der Waals surface area contributed by atoms with Crippen molar-refractivity contribution in [3.8, 4) is 0 Å². The van der Waals surface area contributed by atoms with Crippen LogP contribution < -0.4 is 4.90 Å². The minimum absolute atomic E-state index is 0.752. The van der Waals surface area contributed by atoms with Gasteiger partial charge in [0.25, 0.3) is 0 Å². The van der Waals surface area contributed by atoms with Crippen LogP contribution in [-0.4, -0.2) is 28.6 Å². The van der Waals surface area contributed by atoms with E-state index in [1.807, 2.05) is 18.3 Å². The lowest BCUT2D eigenvalue weighted by Gasteiger charge is -2.19. The number of hydrogen-bond donors (Lipinski definition) is 0. The first-order valence-electron chi connectivity index (χ1n) is 5.90. The van der Waals surface area contributed by atoms with Crippen LogP contribution in [0.1, 0.15) is 6.42 Å². The first-order chi connectivity index (χ1) is 8.38. The van der Waals surface area contributed by atoms with E-state index in [1.54, 1.807) is 0 Å². The fourth-order valence-corrected chi connectivity index (χ4v) is 2.95. The first-order valence-corrected chi connectivity index (χ1v) is 7.02. The summed E-state index contributed by atoms with van der Waals surface area (Å²) in [6, 6.07) is 8.21. The SMILES string of the molecule is BrCC1CCN(c2cnnc3ccccc23)C1. The maximum Gasteiger partial charge on any atom is 0.0950 e. The molecule has 1 aliphatic heterocycles. The Hall–Kier alpha value is -1.16. The summed E-state index contributed by atoms with van der Waals surface area (Å²) in [6.07, 6.45) is 3.14. The Morgan fingerprint density at radius 1 is 1.35 bits per heavy atom. The molecule has 1 aromatic heterocycles. The van der Waals surface area contributed by atoms with E-state index >= 15 is 0 Å². The largest absolute Gasteiger partial charge is 0.369 e. The predicted molar refractivity (Wildman–Crippen MR) is 73.7 cm³/mol. The Morgan fingerprint density at radius 2 is 2.24 bits per heavy atom. The highest BCUT2D eigenvalue weighted by atomic mass is 79.9. The number of benzene rings is 1. The fourth-order valence-electron chi connectivity index (χ4n) is 2.42. The van der Waals surface area contributed by atoms with Crippen LogP contribution in [0.25, 0.3) is 10.9 Å². The monoisotopic (exact) mass is 291 g/mol. The average Bonchev–Trinajstić information content (AvgIpc) is 2.87. The number of rotatable bonds is 2. The van der Waals surface area contributed by atoms with Crippen LogP contribution in [0.4, 0.5) is 5.69 Å². The smallest absolute Gasteiger partial charge is 0.0950 e. The minimum atomic E-state index is 0.752. The van der Waals surface area contributed by atoms with Crippen LogP contribution >= 0.6 is 15.9 Å². The predicted octanol–water partition coefficient (Wildman–Crippen LogP) is 2.85. The van der Waals surface area contributed by atoms with Crippen molar-refractivity contribution in [3.05, 3.63) is 30.5 Å². The van der Waals surface area contributed by atoms with Gasteiger partial charge in [-0.1, -0.05) is 34.1 Å². The van der Waals surface area contributed by atoms with Gasteiger partial charge >= 0.3 is 0 Å². The molecular formula is C13H14BrN3. The summed E-state index contributed by atoms with van der Waals surface area (Å²) in [6.45, 7) is 2.23. The molecule has 0 aliphatic carbocycles. The van der Waals surface area contributed by atoms with Gasteiger partial charge in [-0.2, -0.15) is 10.2 Å². The van der Waals surface area contributed by atoms with Gasteiger partial charge < -0.3 is 4.90 Å². The Labute approximate surface area is 109 Å². The maximum atomic E-state index is 4.17. The third kappa shape index (κ3) is 2.02. The minimum Gasteiger partial charge on any atom is -0.369 e. The Bertz CT molecular complexity index is 524. The molecule has 1 unspecified atom stereocenters. The number of anilines is 1. The molecule has 3 nitrogen and oxygen atoms in total. The zero-order chi connectivity index (χ0) is 11.7. The molecule has 0 spiro atoms. The standard InChI is InChI=1S/C13H14BrN3/c14-7-10-5-6-17(9-10)13-8-15-16-12-4-2-1-3-11(12)13/h1-4,8,10H,5-7,9H2. The van der Waals surface area contributed by atoms with Gasteiger partial charge in [0, 0.05) is 23.8 Å². The lowest BCUT2D eigenvalue weighted by atomic mass is 10.2. The van der Waals surface area contributed by atoms with Crippen molar-refractivity contribution in [2.75, 3.05) is 23.3 Å². The molecule has 3 rings (SSSR count). The van der Waals surface area contributed by atoms with Gasteiger partial charge in [-0.05, 0) is 18.4 Å². The van der Waals surface area contributed by atoms with Gasteiger partial charge in [-0.3, -0.25) is 0 Å². The molecule has 0 N–H and O–H groups in total. The Morgan fingerprint density at radius 3 is 3.06 bits per heavy atom. The molecular weight excluding hydrogens is 278 g/mol. The van der Waals surface area contributed by atoms with E-state index in [-0.39, 0.29) is 0 Å². The molecule has 0 amide bonds. The van der Waals surface area contributed by atoms with Gasteiger partial charge in [0.1, 0.15) is 0 Å². The van der Waals surface area contributed by atoms with E-state index in [2.05, 4.69) is 43.2 Å². The summed E-state index contributed by atoms with van der Waals surface area (Å²) in [5.74, 6) is 0.752. The highest BCUT2D eigenvalue weighted by Crippen LogP contribution is 2.29. The van der Waals surface area contributed by atoms with Crippen LogP contribution in [-0.2, 0) is 0 Å². The number of alkyl halides is 1. The van der Waals surface area contributed by atoms with Crippen LogP contribution in [0.15, 0.2) is 30.5 Å². The highest BCUT2D eigenvalue weighted by molar-refractivity contribution is 9.09. The fraction of sp³-hybridized carbons (Fsp3) is 0.385. The van der Waals surface area contributed by atoms with Gasteiger partial charge in [-0.15, -0.1) is 0 Å². The topological polar surface area (TPSA) is 29.0 Å².